The molecule has 1 heterocycles. The molecule has 5 nitrogen and oxygen atoms in total. The number of ether oxygens (including phenoxy) is 1. The van der Waals surface area contributed by atoms with Gasteiger partial charge in [-0.1, -0.05) is 18.2 Å². The van der Waals surface area contributed by atoms with E-state index in [0.29, 0.717) is 12.6 Å². The number of hydrogen-bond acceptors (Lipinski definition) is 5. The number of anilines is 3. The monoisotopic (exact) mass is 350 g/mol. The maximum absolute atomic E-state index is 5.15. The summed E-state index contributed by atoms with van der Waals surface area (Å²) in [6.07, 6.45) is 2.59. The lowest BCUT2D eigenvalue weighted by atomic mass is 10.1. The Bertz CT molecular complexity index is 592. The lowest BCUT2D eigenvalue weighted by Crippen LogP contribution is -2.06. The molecule has 1 aromatic heterocycles. The molecule has 2 aromatic rings. The van der Waals surface area contributed by atoms with Gasteiger partial charge in [-0.25, -0.2) is 4.98 Å². The number of nitrogens with zero attached hydrogens (tertiary/aromatic N) is 2. The Morgan fingerprint density at radius 3 is 2.86 bits per heavy atom. The molecule has 0 radical (unpaired) electrons. The Labute approximate surface area is 133 Å². The lowest BCUT2D eigenvalue weighted by Gasteiger charge is -2.13. The van der Waals surface area contributed by atoms with Gasteiger partial charge in [0.1, 0.15) is 5.82 Å². The van der Waals surface area contributed by atoms with Crippen molar-refractivity contribution in [3.63, 3.8) is 0 Å². The Hall–Kier alpha value is -1.66. The Balaban J connectivity index is 2.23. The number of halogens is 1. The van der Waals surface area contributed by atoms with Gasteiger partial charge in [0.25, 0.3) is 0 Å². The lowest BCUT2D eigenvalue weighted by molar-refractivity contribution is 0.202. The van der Waals surface area contributed by atoms with Gasteiger partial charge in [0, 0.05) is 25.5 Å². The highest BCUT2D eigenvalue weighted by Gasteiger charge is 2.08. The van der Waals surface area contributed by atoms with Gasteiger partial charge < -0.3 is 15.4 Å². The molecule has 2 N–H and O–H groups in total. The number of rotatable bonds is 7. The van der Waals surface area contributed by atoms with Gasteiger partial charge in [-0.15, -0.1) is 0 Å². The zero-order valence-electron chi connectivity index (χ0n) is 12.2. The van der Waals surface area contributed by atoms with E-state index in [9.17, 15) is 0 Å². The van der Waals surface area contributed by atoms with Crippen molar-refractivity contribution < 1.29 is 4.74 Å². The van der Waals surface area contributed by atoms with Crippen molar-refractivity contribution in [2.75, 3.05) is 30.9 Å². The van der Waals surface area contributed by atoms with Crippen LogP contribution in [0.5, 0.6) is 0 Å². The largest absolute Gasteiger partial charge is 0.384 e. The van der Waals surface area contributed by atoms with Crippen LogP contribution in [0.15, 0.2) is 34.9 Å². The van der Waals surface area contributed by atoms with Crippen molar-refractivity contribution in [1.82, 2.24) is 9.97 Å². The zero-order chi connectivity index (χ0) is 15.1. The summed E-state index contributed by atoms with van der Waals surface area (Å²) < 4.78 is 5.98. The number of hydrogen-bond donors (Lipinski definition) is 2. The zero-order valence-corrected chi connectivity index (χ0v) is 13.8. The molecule has 0 spiro atoms. The summed E-state index contributed by atoms with van der Waals surface area (Å²) in [6, 6.07) is 8.14. The fourth-order valence-corrected chi connectivity index (χ4v) is 2.19. The second kappa shape index (κ2) is 7.95. The van der Waals surface area contributed by atoms with Crippen LogP contribution in [0.4, 0.5) is 17.5 Å². The van der Waals surface area contributed by atoms with E-state index in [-0.39, 0.29) is 0 Å². The minimum atomic E-state index is 0.609. The third-order valence-corrected chi connectivity index (χ3v) is 3.51. The maximum Gasteiger partial charge on any atom is 0.224 e. The van der Waals surface area contributed by atoms with Crippen LogP contribution in [0, 0.1) is 0 Å². The molecular formula is C15H19BrN4O. The second-order valence-electron chi connectivity index (χ2n) is 4.45. The highest BCUT2D eigenvalue weighted by molar-refractivity contribution is 9.10. The smallest absolute Gasteiger partial charge is 0.224 e. The predicted octanol–water partition coefficient (Wildman–Crippen LogP) is 3.60. The van der Waals surface area contributed by atoms with Gasteiger partial charge in [0.2, 0.25) is 5.95 Å². The van der Waals surface area contributed by atoms with Crippen molar-refractivity contribution >= 4 is 33.4 Å². The summed E-state index contributed by atoms with van der Waals surface area (Å²) in [7, 11) is 1.71. The van der Waals surface area contributed by atoms with Gasteiger partial charge in [0.15, 0.2) is 0 Å². The molecule has 0 aliphatic carbocycles. The van der Waals surface area contributed by atoms with Crippen molar-refractivity contribution in [2.24, 2.45) is 0 Å². The molecule has 0 amide bonds. The molecule has 0 bridgehead atoms. The van der Waals surface area contributed by atoms with E-state index in [4.69, 9.17) is 4.74 Å². The molecule has 0 unspecified atom stereocenters. The molecule has 0 saturated carbocycles. The van der Waals surface area contributed by atoms with Crippen molar-refractivity contribution in [2.45, 2.75) is 13.3 Å². The molecule has 6 heteroatoms. The molecule has 2 rings (SSSR count). The molecule has 0 saturated heterocycles. The fourth-order valence-electron chi connectivity index (χ4n) is 1.90. The molecule has 112 valence electrons. The Morgan fingerprint density at radius 1 is 1.29 bits per heavy atom. The van der Waals surface area contributed by atoms with Crippen LogP contribution in [0.25, 0.3) is 0 Å². The molecule has 0 aliphatic rings. The first-order valence-corrected chi connectivity index (χ1v) is 7.64. The molecule has 1 aromatic carbocycles. The third-order valence-electron chi connectivity index (χ3n) is 2.92. The van der Waals surface area contributed by atoms with Crippen molar-refractivity contribution in [3.05, 3.63) is 40.5 Å². The Kier molecular flexibility index (Phi) is 5.95. The standard InChI is InChI=1S/C15H19BrN4O/c1-3-17-15-18-10-12(16)14(20-15)19-13-7-5-4-6-11(13)8-9-21-2/h4-7,10H,3,8-9H2,1-2H3,(H2,17,18,19,20). The van der Waals surface area contributed by atoms with Crippen LogP contribution in [-0.2, 0) is 11.2 Å². The van der Waals surface area contributed by atoms with Gasteiger partial charge in [-0.3, -0.25) is 0 Å². The summed E-state index contributed by atoms with van der Waals surface area (Å²) in [5, 5.41) is 6.46. The average molecular weight is 351 g/mol. The van der Waals surface area contributed by atoms with Crippen LogP contribution in [0.3, 0.4) is 0 Å². The number of methoxy groups -OCH3 is 1. The van der Waals surface area contributed by atoms with E-state index in [2.05, 4.69) is 42.6 Å². The van der Waals surface area contributed by atoms with E-state index in [0.717, 1.165) is 28.9 Å². The molecule has 0 atom stereocenters. The van der Waals surface area contributed by atoms with Gasteiger partial charge in [-0.05, 0) is 40.9 Å². The first-order valence-electron chi connectivity index (χ1n) is 6.85. The van der Waals surface area contributed by atoms with E-state index in [1.54, 1.807) is 13.3 Å². The SMILES string of the molecule is CCNc1ncc(Br)c(Nc2ccccc2CCOC)n1. The highest BCUT2D eigenvalue weighted by atomic mass is 79.9. The van der Waals surface area contributed by atoms with Crippen LogP contribution >= 0.6 is 15.9 Å². The average Bonchev–Trinajstić information content (AvgIpc) is 2.50. The minimum Gasteiger partial charge on any atom is -0.384 e. The fraction of sp³-hybridized carbons (Fsp3) is 0.333. The van der Waals surface area contributed by atoms with Crippen molar-refractivity contribution in [1.29, 1.82) is 0 Å². The van der Waals surface area contributed by atoms with E-state index in [1.807, 2.05) is 25.1 Å². The molecule has 0 aliphatic heterocycles. The minimum absolute atomic E-state index is 0.609. The van der Waals surface area contributed by atoms with Crippen LogP contribution < -0.4 is 10.6 Å². The Morgan fingerprint density at radius 2 is 2.10 bits per heavy atom. The number of nitrogens with one attached hydrogen (secondary N) is 2. The van der Waals surface area contributed by atoms with Crippen LogP contribution in [-0.4, -0.2) is 30.2 Å². The van der Waals surface area contributed by atoms with Crippen LogP contribution in [0.2, 0.25) is 0 Å². The first-order chi connectivity index (χ1) is 10.2. The molecule has 21 heavy (non-hydrogen) atoms. The summed E-state index contributed by atoms with van der Waals surface area (Å²) in [6.45, 7) is 3.48. The van der Waals surface area contributed by atoms with E-state index < -0.39 is 0 Å². The summed E-state index contributed by atoms with van der Waals surface area (Å²) >= 11 is 3.48. The predicted molar refractivity (Wildman–Crippen MR) is 89.2 cm³/mol. The summed E-state index contributed by atoms with van der Waals surface area (Å²) in [4.78, 5) is 8.68. The topological polar surface area (TPSA) is 59.1 Å². The third kappa shape index (κ3) is 4.41. The number of aromatic nitrogens is 2. The van der Waals surface area contributed by atoms with Gasteiger partial charge in [-0.2, -0.15) is 4.98 Å². The number of benzene rings is 1. The van der Waals surface area contributed by atoms with E-state index in [1.165, 1.54) is 5.56 Å². The van der Waals surface area contributed by atoms with Crippen molar-refractivity contribution in [3.8, 4) is 0 Å². The van der Waals surface area contributed by atoms with E-state index >= 15 is 0 Å². The molecular weight excluding hydrogens is 332 g/mol. The second-order valence-corrected chi connectivity index (χ2v) is 5.30. The quantitative estimate of drug-likeness (QED) is 0.798. The molecule has 0 fully saturated rings. The summed E-state index contributed by atoms with van der Waals surface area (Å²) in [5.74, 6) is 1.35. The number of para-hydroxylation sites is 1. The van der Waals surface area contributed by atoms with Crippen LogP contribution in [0.1, 0.15) is 12.5 Å². The van der Waals surface area contributed by atoms with Gasteiger partial charge >= 0.3 is 0 Å². The van der Waals surface area contributed by atoms with Gasteiger partial charge in [0.05, 0.1) is 11.1 Å². The highest BCUT2D eigenvalue weighted by Crippen LogP contribution is 2.26. The first kappa shape index (κ1) is 15.7. The maximum atomic E-state index is 5.15. The normalized spacial score (nSPS) is 10.4. The summed E-state index contributed by atoms with van der Waals surface area (Å²) in [5.41, 5.74) is 2.21.